The number of amides is 2. The van der Waals surface area contributed by atoms with Crippen molar-refractivity contribution >= 4 is 17.5 Å². The lowest BCUT2D eigenvalue weighted by Crippen LogP contribution is -2.34. The lowest BCUT2D eigenvalue weighted by molar-refractivity contribution is -0.123. The van der Waals surface area contributed by atoms with E-state index in [0.717, 1.165) is 0 Å². The van der Waals surface area contributed by atoms with E-state index in [1.807, 2.05) is 0 Å². The van der Waals surface area contributed by atoms with Crippen LogP contribution in [0.25, 0.3) is 0 Å². The minimum absolute atomic E-state index is 0.00693. The van der Waals surface area contributed by atoms with E-state index in [2.05, 4.69) is 5.32 Å². The summed E-state index contributed by atoms with van der Waals surface area (Å²) in [5.41, 5.74) is 0.665. The molecule has 2 amide bonds. The van der Waals surface area contributed by atoms with E-state index in [1.54, 1.807) is 48.4 Å². The van der Waals surface area contributed by atoms with Gasteiger partial charge in [-0.05, 0) is 48.5 Å². The highest BCUT2D eigenvalue weighted by atomic mass is 19.1. The summed E-state index contributed by atoms with van der Waals surface area (Å²) in [5, 5.41) is 2.79. The number of halogens is 1. The van der Waals surface area contributed by atoms with Crippen molar-refractivity contribution in [2.75, 3.05) is 31.7 Å². The fraction of sp³-hybridized carbons (Fsp3) is 0.300. The summed E-state index contributed by atoms with van der Waals surface area (Å²) in [7, 11) is 1.58. The molecule has 1 heterocycles. The molecule has 2 aromatic rings. The average Bonchev–Trinajstić information content (AvgIpc) is 3.06. The highest BCUT2D eigenvalue weighted by Crippen LogP contribution is 2.24. The Kier molecular flexibility index (Phi) is 5.90. The van der Waals surface area contributed by atoms with Gasteiger partial charge in [0, 0.05) is 31.1 Å². The summed E-state index contributed by atoms with van der Waals surface area (Å²) in [5.74, 6) is 0.667. The van der Waals surface area contributed by atoms with E-state index >= 15 is 0 Å². The Labute approximate surface area is 156 Å². The zero-order chi connectivity index (χ0) is 19.2. The van der Waals surface area contributed by atoms with Crippen molar-refractivity contribution in [2.24, 2.45) is 5.92 Å². The Morgan fingerprint density at radius 2 is 1.81 bits per heavy atom. The monoisotopic (exact) mass is 372 g/mol. The van der Waals surface area contributed by atoms with Crippen molar-refractivity contribution in [1.29, 1.82) is 0 Å². The van der Waals surface area contributed by atoms with Crippen LogP contribution in [0.3, 0.4) is 0 Å². The summed E-state index contributed by atoms with van der Waals surface area (Å²) in [6.45, 7) is 0.771. The van der Waals surface area contributed by atoms with Gasteiger partial charge in [0.2, 0.25) is 5.91 Å². The molecule has 0 spiro atoms. The van der Waals surface area contributed by atoms with Crippen molar-refractivity contribution in [1.82, 2.24) is 5.32 Å². The van der Waals surface area contributed by atoms with Crippen LogP contribution < -0.4 is 19.7 Å². The number of hydrogen-bond donors (Lipinski definition) is 1. The maximum absolute atomic E-state index is 13.0. The van der Waals surface area contributed by atoms with E-state index in [9.17, 15) is 14.0 Å². The molecule has 6 nitrogen and oxygen atoms in total. The van der Waals surface area contributed by atoms with Gasteiger partial charge in [0.05, 0.1) is 7.11 Å². The van der Waals surface area contributed by atoms with Gasteiger partial charge in [-0.3, -0.25) is 9.59 Å². The van der Waals surface area contributed by atoms with Gasteiger partial charge in [-0.25, -0.2) is 4.39 Å². The number of nitrogens with zero attached hydrogens (tertiary/aromatic N) is 1. The molecule has 1 saturated heterocycles. The number of carbonyl (C=O) groups is 2. The summed E-state index contributed by atoms with van der Waals surface area (Å²) in [4.78, 5) is 25.7. The Hall–Kier alpha value is -3.09. The number of benzene rings is 2. The second-order valence-corrected chi connectivity index (χ2v) is 6.32. The van der Waals surface area contributed by atoms with Gasteiger partial charge in [-0.2, -0.15) is 0 Å². The molecule has 1 unspecified atom stereocenters. The molecule has 1 aliphatic heterocycles. The second kappa shape index (κ2) is 8.53. The van der Waals surface area contributed by atoms with E-state index in [4.69, 9.17) is 9.47 Å². The Morgan fingerprint density at radius 3 is 2.48 bits per heavy atom. The zero-order valence-electron chi connectivity index (χ0n) is 15.0. The molecule has 2 aromatic carbocycles. The van der Waals surface area contributed by atoms with E-state index in [1.165, 1.54) is 12.1 Å². The topological polar surface area (TPSA) is 67.9 Å². The first-order valence-electron chi connectivity index (χ1n) is 8.64. The number of nitrogens with one attached hydrogen (secondary N) is 1. The fourth-order valence-electron chi connectivity index (χ4n) is 2.92. The standard InChI is InChI=1S/C20H21FN2O4/c1-26-17-6-8-18(9-7-17)27-13-19(24)22-11-14-10-20(25)23(12-14)16-4-2-15(21)3-5-16/h2-9,14H,10-13H2,1H3,(H,22,24). The zero-order valence-corrected chi connectivity index (χ0v) is 15.0. The Bertz CT molecular complexity index is 793. The first-order valence-corrected chi connectivity index (χ1v) is 8.64. The van der Waals surface area contributed by atoms with Gasteiger partial charge in [-0.15, -0.1) is 0 Å². The molecular weight excluding hydrogens is 351 g/mol. The summed E-state index contributed by atoms with van der Waals surface area (Å²) < 4.78 is 23.5. The van der Waals surface area contributed by atoms with Crippen molar-refractivity contribution in [2.45, 2.75) is 6.42 Å². The summed E-state index contributed by atoms with van der Waals surface area (Å²) in [6, 6.07) is 12.8. The lowest BCUT2D eigenvalue weighted by Gasteiger charge is -2.17. The Morgan fingerprint density at radius 1 is 1.15 bits per heavy atom. The molecular formula is C20H21FN2O4. The quantitative estimate of drug-likeness (QED) is 0.810. The van der Waals surface area contributed by atoms with Crippen LogP contribution in [-0.2, 0) is 9.59 Å². The molecule has 1 aliphatic rings. The minimum Gasteiger partial charge on any atom is -0.497 e. The largest absolute Gasteiger partial charge is 0.497 e. The number of rotatable bonds is 7. The third-order valence-electron chi connectivity index (χ3n) is 4.36. The van der Waals surface area contributed by atoms with Gasteiger partial charge in [0.15, 0.2) is 6.61 Å². The van der Waals surface area contributed by atoms with Crippen LogP contribution in [-0.4, -0.2) is 38.6 Å². The summed E-state index contributed by atoms with van der Waals surface area (Å²) in [6.07, 6.45) is 0.344. The lowest BCUT2D eigenvalue weighted by atomic mass is 10.1. The van der Waals surface area contributed by atoms with Gasteiger partial charge in [0.25, 0.3) is 5.91 Å². The third-order valence-corrected chi connectivity index (χ3v) is 4.36. The van der Waals surface area contributed by atoms with Crippen LogP contribution in [0.4, 0.5) is 10.1 Å². The summed E-state index contributed by atoms with van der Waals surface area (Å²) >= 11 is 0. The molecule has 1 fully saturated rings. The molecule has 1 N–H and O–H groups in total. The molecule has 1 atom stereocenters. The molecule has 0 aliphatic carbocycles. The smallest absolute Gasteiger partial charge is 0.257 e. The van der Waals surface area contributed by atoms with Gasteiger partial charge < -0.3 is 19.7 Å². The van der Waals surface area contributed by atoms with Crippen LogP contribution in [0.5, 0.6) is 11.5 Å². The molecule has 0 aromatic heterocycles. The van der Waals surface area contributed by atoms with Gasteiger partial charge >= 0.3 is 0 Å². The molecule has 7 heteroatoms. The van der Waals surface area contributed by atoms with Gasteiger partial charge in [-0.1, -0.05) is 0 Å². The normalized spacial score (nSPS) is 16.3. The molecule has 3 rings (SSSR count). The molecule has 27 heavy (non-hydrogen) atoms. The average molecular weight is 372 g/mol. The first kappa shape index (κ1) is 18.7. The number of hydrogen-bond acceptors (Lipinski definition) is 4. The van der Waals surface area contributed by atoms with Gasteiger partial charge in [0.1, 0.15) is 17.3 Å². The molecule has 142 valence electrons. The third kappa shape index (κ3) is 4.97. The van der Waals surface area contributed by atoms with E-state index < -0.39 is 0 Å². The van der Waals surface area contributed by atoms with Crippen molar-refractivity contribution in [3.05, 3.63) is 54.3 Å². The van der Waals surface area contributed by atoms with Crippen molar-refractivity contribution in [3.8, 4) is 11.5 Å². The maximum atomic E-state index is 13.0. The van der Waals surface area contributed by atoms with Crippen LogP contribution in [0.1, 0.15) is 6.42 Å². The minimum atomic E-state index is -0.342. The van der Waals surface area contributed by atoms with Crippen molar-refractivity contribution < 1.29 is 23.5 Å². The van der Waals surface area contributed by atoms with Crippen LogP contribution in [0.2, 0.25) is 0 Å². The fourth-order valence-corrected chi connectivity index (χ4v) is 2.92. The number of anilines is 1. The molecule has 0 saturated carbocycles. The first-order chi connectivity index (χ1) is 13.0. The second-order valence-electron chi connectivity index (χ2n) is 6.32. The SMILES string of the molecule is COc1ccc(OCC(=O)NCC2CC(=O)N(c3ccc(F)cc3)C2)cc1. The Balaban J connectivity index is 1.43. The maximum Gasteiger partial charge on any atom is 0.257 e. The highest BCUT2D eigenvalue weighted by Gasteiger charge is 2.30. The predicted octanol–water partition coefficient (Wildman–Crippen LogP) is 2.38. The number of methoxy groups -OCH3 is 1. The number of carbonyl (C=O) groups excluding carboxylic acids is 2. The van der Waals surface area contributed by atoms with Crippen molar-refractivity contribution in [3.63, 3.8) is 0 Å². The number of ether oxygens (including phenoxy) is 2. The molecule has 0 radical (unpaired) electrons. The van der Waals surface area contributed by atoms with E-state index in [0.29, 0.717) is 36.7 Å². The predicted molar refractivity (Wildman–Crippen MR) is 98.4 cm³/mol. The highest BCUT2D eigenvalue weighted by molar-refractivity contribution is 5.95. The van der Waals surface area contributed by atoms with Crippen LogP contribution in [0.15, 0.2) is 48.5 Å². The van der Waals surface area contributed by atoms with Crippen LogP contribution in [0, 0.1) is 11.7 Å². The molecule has 0 bridgehead atoms. The van der Waals surface area contributed by atoms with Crippen LogP contribution >= 0.6 is 0 Å². The van der Waals surface area contributed by atoms with E-state index in [-0.39, 0.29) is 30.2 Å².